The highest BCUT2D eigenvalue weighted by Crippen LogP contribution is 2.21. The summed E-state index contributed by atoms with van der Waals surface area (Å²) in [5.41, 5.74) is 1.98. The summed E-state index contributed by atoms with van der Waals surface area (Å²) >= 11 is 12.1. The first-order valence-electron chi connectivity index (χ1n) is 9.78. The van der Waals surface area contributed by atoms with Gasteiger partial charge in [0.15, 0.2) is 0 Å². The van der Waals surface area contributed by atoms with Gasteiger partial charge in [-0.2, -0.15) is 0 Å². The quantitative estimate of drug-likeness (QED) is 0.667. The second kappa shape index (κ2) is 8.56. The molecule has 7 heteroatoms. The predicted molar refractivity (Wildman–Crippen MR) is 116 cm³/mol. The van der Waals surface area contributed by atoms with E-state index in [0.717, 1.165) is 37.1 Å². The second-order valence-corrected chi connectivity index (χ2v) is 8.11. The molecule has 1 aliphatic heterocycles. The number of rotatable bonds is 4. The van der Waals surface area contributed by atoms with E-state index in [0.29, 0.717) is 46.0 Å². The van der Waals surface area contributed by atoms with Gasteiger partial charge in [-0.25, -0.2) is 4.98 Å². The van der Waals surface area contributed by atoms with Crippen LogP contribution in [-0.4, -0.2) is 22.0 Å². The van der Waals surface area contributed by atoms with Gasteiger partial charge in [-0.1, -0.05) is 35.7 Å². The van der Waals surface area contributed by atoms with Crippen LogP contribution in [0.25, 0.3) is 10.9 Å². The van der Waals surface area contributed by atoms with E-state index in [9.17, 15) is 9.59 Å². The van der Waals surface area contributed by atoms with Crippen LogP contribution in [0.5, 0.6) is 0 Å². The zero-order valence-corrected chi connectivity index (χ0v) is 17.4. The minimum absolute atomic E-state index is 0.0174. The molecule has 0 saturated carbocycles. The number of amides is 1. The number of carbonyl (C=O) groups excluding carboxylic acids is 1. The van der Waals surface area contributed by atoms with E-state index in [1.165, 1.54) is 0 Å². The van der Waals surface area contributed by atoms with E-state index in [2.05, 4.69) is 10.3 Å². The third-order valence-electron chi connectivity index (χ3n) is 5.27. The molecular formula is C22H21Cl2N3O2. The van der Waals surface area contributed by atoms with Crippen molar-refractivity contribution in [3.05, 3.63) is 73.7 Å². The SMILES string of the molecule is O=C(NCCc1ccc(Cl)cc1Cl)c1ccc2c(=O)n3c(nc2c1)CCCCC3. The zero-order chi connectivity index (χ0) is 20.4. The molecule has 2 heterocycles. The van der Waals surface area contributed by atoms with Crippen LogP contribution in [0.1, 0.15) is 41.0 Å². The van der Waals surface area contributed by atoms with Crippen LogP contribution in [-0.2, 0) is 19.4 Å². The summed E-state index contributed by atoms with van der Waals surface area (Å²) in [6.07, 6.45) is 4.53. The molecule has 2 aromatic carbocycles. The molecule has 150 valence electrons. The van der Waals surface area contributed by atoms with Gasteiger partial charge in [0.25, 0.3) is 11.5 Å². The topological polar surface area (TPSA) is 64.0 Å². The minimum atomic E-state index is -0.200. The molecule has 0 spiro atoms. The Balaban J connectivity index is 1.51. The van der Waals surface area contributed by atoms with Crippen LogP contribution in [0.2, 0.25) is 10.0 Å². The number of aromatic nitrogens is 2. The van der Waals surface area contributed by atoms with Gasteiger partial charge >= 0.3 is 0 Å². The fourth-order valence-corrected chi connectivity index (χ4v) is 4.20. The molecule has 1 amide bonds. The first-order chi connectivity index (χ1) is 14.0. The standard InChI is InChI=1S/C22H21Cl2N3O2/c23-16-7-5-14(18(24)13-16)9-10-25-21(28)15-6-8-17-19(12-15)26-20-4-2-1-3-11-27(20)22(17)29/h5-8,12-13H,1-4,9-11H2,(H,25,28). The monoisotopic (exact) mass is 429 g/mol. The molecule has 1 aromatic heterocycles. The fourth-order valence-electron chi connectivity index (χ4n) is 3.70. The maximum atomic E-state index is 12.8. The molecule has 1 N–H and O–H groups in total. The molecule has 0 aliphatic carbocycles. The Morgan fingerprint density at radius 1 is 1.10 bits per heavy atom. The smallest absolute Gasteiger partial charge is 0.261 e. The Bertz CT molecular complexity index is 1140. The Hall–Kier alpha value is -2.37. The van der Waals surface area contributed by atoms with Gasteiger partial charge in [0, 0.05) is 35.1 Å². The van der Waals surface area contributed by atoms with E-state index < -0.39 is 0 Å². The van der Waals surface area contributed by atoms with E-state index >= 15 is 0 Å². The lowest BCUT2D eigenvalue weighted by atomic mass is 10.1. The summed E-state index contributed by atoms with van der Waals surface area (Å²) in [5.74, 6) is 0.615. The number of carbonyl (C=O) groups is 1. The molecule has 5 nitrogen and oxygen atoms in total. The molecule has 0 saturated heterocycles. The maximum absolute atomic E-state index is 12.8. The molecule has 0 atom stereocenters. The highest BCUT2D eigenvalue weighted by molar-refractivity contribution is 6.35. The number of aryl methyl sites for hydroxylation is 1. The molecule has 1 aliphatic rings. The van der Waals surface area contributed by atoms with Gasteiger partial charge < -0.3 is 5.32 Å². The average molecular weight is 430 g/mol. The number of benzene rings is 2. The van der Waals surface area contributed by atoms with Crippen molar-refractivity contribution in [2.75, 3.05) is 6.54 Å². The van der Waals surface area contributed by atoms with Crippen molar-refractivity contribution in [1.29, 1.82) is 0 Å². The minimum Gasteiger partial charge on any atom is -0.352 e. The number of fused-ring (bicyclic) bond motifs is 2. The summed E-state index contributed by atoms with van der Waals surface area (Å²) < 4.78 is 1.78. The largest absolute Gasteiger partial charge is 0.352 e. The molecule has 0 radical (unpaired) electrons. The Kier molecular flexibility index (Phi) is 5.88. The van der Waals surface area contributed by atoms with Crippen LogP contribution < -0.4 is 10.9 Å². The number of halogens is 2. The summed E-state index contributed by atoms with van der Waals surface area (Å²) in [6.45, 7) is 1.16. The summed E-state index contributed by atoms with van der Waals surface area (Å²) in [4.78, 5) is 30.0. The zero-order valence-electron chi connectivity index (χ0n) is 15.9. The molecule has 0 bridgehead atoms. The van der Waals surface area contributed by atoms with Crippen molar-refractivity contribution < 1.29 is 4.79 Å². The molecule has 4 rings (SSSR count). The average Bonchev–Trinajstić information content (AvgIpc) is 2.95. The van der Waals surface area contributed by atoms with Crippen molar-refractivity contribution in [1.82, 2.24) is 14.9 Å². The molecule has 0 unspecified atom stereocenters. The lowest BCUT2D eigenvalue weighted by molar-refractivity contribution is 0.0954. The first-order valence-corrected chi connectivity index (χ1v) is 10.5. The van der Waals surface area contributed by atoms with Crippen LogP contribution in [0.4, 0.5) is 0 Å². The maximum Gasteiger partial charge on any atom is 0.261 e. The van der Waals surface area contributed by atoms with Crippen molar-refractivity contribution in [3.8, 4) is 0 Å². The van der Waals surface area contributed by atoms with Gasteiger partial charge in [0.05, 0.1) is 10.9 Å². The highest BCUT2D eigenvalue weighted by atomic mass is 35.5. The lowest BCUT2D eigenvalue weighted by Crippen LogP contribution is -2.27. The van der Waals surface area contributed by atoms with Crippen molar-refractivity contribution in [3.63, 3.8) is 0 Å². The number of hydrogen-bond donors (Lipinski definition) is 1. The van der Waals surface area contributed by atoms with Gasteiger partial charge in [-0.15, -0.1) is 0 Å². The Morgan fingerprint density at radius 2 is 1.97 bits per heavy atom. The normalized spacial score (nSPS) is 13.7. The third-order valence-corrected chi connectivity index (χ3v) is 5.86. The van der Waals surface area contributed by atoms with Gasteiger partial charge in [0.1, 0.15) is 5.82 Å². The van der Waals surface area contributed by atoms with Crippen LogP contribution in [0, 0.1) is 0 Å². The molecule has 0 fully saturated rings. The van der Waals surface area contributed by atoms with Crippen LogP contribution in [0.3, 0.4) is 0 Å². The van der Waals surface area contributed by atoms with E-state index in [1.807, 2.05) is 6.07 Å². The predicted octanol–water partition coefficient (Wildman–Crippen LogP) is 4.40. The highest BCUT2D eigenvalue weighted by Gasteiger charge is 2.15. The second-order valence-electron chi connectivity index (χ2n) is 7.27. The third kappa shape index (κ3) is 4.31. The number of hydrogen-bond acceptors (Lipinski definition) is 3. The van der Waals surface area contributed by atoms with Crippen molar-refractivity contribution >= 4 is 40.0 Å². The Morgan fingerprint density at radius 3 is 2.79 bits per heavy atom. The summed E-state index contributed by atoms with van der Waals surface area (Å²) in [6, 6.07) is 10.4. The van der Waals surface area contributed by atoms with Crippen LogP contribution >= 0.6 is 23.2 Å². The Labute approximate surface area is 178 Å². The van der Waals surface area contributed by atoms with E-state index in [1.54, 1.807) is 34.9 Å². The van der Waals surface area contributed by atoms with E-state index in [4.69, 9.17) is 23.2 Å². The van der Waals surface area contributed by atoms with E-state index in [-0.39, 0.29) is 11.5 Å². The molecular weight excluding hydrogens is 409 g/mol. The summed E-state index contributed by atoms with van der Waals surface area (Å²) in [7, 11) is 0. The fraction of sp³-hybridized carbons (Fsp3) is 0.318. The number of nitrogens with one attached hydrogen (secondary N) is 1. The van der Waals surface area contributed by atoms with Crippen molar-refractivity contribution in [2.24, 2.45) is 0 Å². The van der Waals surface area contributed by atoms with Gasteiger partial charge in [0.2, 0.25) is 0 Å². The summed E-state index contributed by atoms with van der Waals surface area (Å²) in [5, 5.41) is 4.62. The van der Waals surface area contributed by atoms with Crippen LogP contribution in [0.15, 0.2) is 41.2 Å². The first kappa shape index (κ1) is 19.9. The number of nitrogens with zero attached hydrogens (tertiary/aromatic N) is 2. The lowest BCUT2D eigenvalue weighted by Gasteiger charge is -2.11. The molecule has 29 heavy (non-hydrogen) atoms. The van der Waals surface area contributed by atoms with Gasteiger partial charge in [-0.05, 0) is 55.2 Å². The van der Waals surface area contributed by atoms with Crippen molar-refractivity contribution in [2.45, 2.75) is 38.6 Å². The molecule has 3 aromatic rings. The van der Waals surface area contributed by atoms with Gasteiger partial charge in [-0.3, -0.25) is 14.2 Å².